The number of nitriles is 1. The molecule has 0 aromatic heterocycles. The molecule has 1 aromatic carbocycles. The van der Waals surface area contributed by atoms with E-state index in [1.807, 2.05) is 0 Å². The van der Waals surface area contributed by atoms with Gasteiger partial charge < -0.3 is 5.32 Å². The highest BCUT2D eigenvalue weighted by molar-refractivity contribution is 5.96. The molecule has 2 rings (SSSR count). The van der Waals surface area contributed by atoms with Crippen LogP contribution in [0.4, 0.5) is 18.9 Å². The molecule has 1 aliphatic heterocycles. The molecular weight excluding hydrogens is 243 g/mol. The lowest BCUT2D eigenvalue weighted by atomic mass is 10.1. The number of benzene rings is 1. The Morgan fingerprint density at radius 3 is 2.67 bits per heavy atom. The number of anilines is 1. The molecule has 0 saturated carbocycles. The van der Waals surface area contributed by atoms with Crippen molar-refractivity contribution in [2.45, 2.75) is 19.0 Å². The minimum Gasteiger partial charge on any atom is -0.344 e. The highest BCUT2D eigenvalue weighted by atomic mass is 19.4. The molecule has 0 aliphatic carbocycles. The summed E-state index contributed by atoms with van der Waals surface area (Å²) in [5, 5.41) is 11.5. The summed E-state index contributed by atoms with van der Waals surface area (Å²) < 4.78 is 38.2. The van der Waals surface area contributed by atoms with E-state index in [-0.39, 0.29) is 5.56 Å². The molecule has 0 fully saturated rings. The summed E-state index contributed by atoms with van der Waals surface area (Å²) in [5.74, 6) is 0.688. The van der Waals surface area contributed by atoms with Gasteiger partial charge in [0.15, 0.2) is 0 Å². The van der Waals surface area contributed by atoms with Gasteiger partial charge in [-0.2, -0.15) is 18.4 Å². The highest BCUT2D eigenvalue weighted by Gasteiger charge is 2.33. The summed E-state index contributed by atoms with van der Waals surface area (Å²) >= 11 is 0. The van der Waals surface area contributed by atoms with Crippen molar-refractivity contribution >= 4 is 11.5 Å². The van der Waals surface area contributed by atoms with Gasteiger partial charge in [0, 0.05) is 18.7 Å². The minimum absolute atomic E-state index is 0.307. The summed E-state index contributed by atoms with van der Waals surface area (Å²) in [7, 11) is 0. The van der Waals surface area contributed by atoms with Crippen LogP contribution >= 0.6 is 0 Å². The Bertz CT molecular complexity index is 526. The van der Waals surface area contributed by atoms with Crippen LogP contribution in [0.3, 0.4) is 0 Å². The van der Waals surface area contributed by atoms with E-state index in [2.05, 4.69) is 10.3 Å². The zero-order valence-electron chi connectivity index (χ0n) is 9.38. The number of halogens is 3. The highest BCUT2D eigenvalue weighted by Crippen LogP contribution is 2.33. The Balaban J connectivity index is 2.31. The van der Waals surface area contributed by atoms with Crippen LogP contribution in [0.15, 0.2) is 23.2 Å². The van der Waals surface area contributed by atoms with Gasteiger partial charge >= 0.3 is 6.18 Å². The number of amidine groups is 1. The monoisotopic (exact) mass is 253 g/mol. The van der Waals surface area contributed by atoms with Gasteiger partial charge in [-0.3, -0.25) is 4.99 Å². The van der Waals surface area contributed by atoms with Gasteiger partial charge in [-0.15, -0.1) is 0 Å². The first-order valence-electron chi connectivity index (χ1n) is 5.42. The number of alkyl halides is 3. The number of nitrogens with zero attached hydrogens (tertiary/aromatic N) is 2. The number of nitrogens with one attached hydrogen (secondary N) is 1. The van der Waals surface area contributed by atoms with Gasteiger partial charge in [0.2, 0.25) is 0 Å². The van der Waals surface area contributed by atoms with Crippen LogP contribution in [0.1, 0.15) is 24.0 Å². The predicted octanol–water partition coefficient (Wildman–Crippen LogP) is 3.18. The van der Waals surface area contributed by atoms with Crippen molar-refractivity contribution in [1.82, 2.24) is 0 Å². The number of hydrogen-bond acceptors (Lipinski definition) is 3. The average molecular weight is 253 g/mol. The van der Waals surface area contributed by atoms with Gasteiger partial charge in [0.1, 0.15) is 5.84 Å². The third-order valence-electron chi connectivity index (χ3n) is 2.61. The molecule has 1 heterocycles. The van der Waals surface area contributed by atoms with Crippen LogP contribution in [0.25, 0.3) is 0 Å². The van der Waals surface area contributed by atoms with Gasteiger partial charge in [-0.05, 0) is 24.6 Å². The molecule has 0 unspecified atom stereocenters. The molecule has 94 valence electrons. The lowest BCUT2D eigenvalue weighted by molar-refractivity contribution is -0.137. The molecule has 3 nitrogen and oxygen atoms in total. The van der Waals surface area contributed by atoms with E-state index in [1.54, 1.807) is 6.07 Å². The van der Waals surface area contributed by atoms with Crippen molar-refractivity contribution in [3.8, 4) is 6.07 Å². The predicted molar refractivity (Wildman–Crippen MR) is 61.3 cm³/mol. The van der Waals surface area contributed by atoms with E-state index < -0.39 is 11.7 Å². The van der Waals surface area contributed by atoms with Crippen molar-refractivity contribution in [3.05, 3.63) is 29.3 Å². The van der Waals surface area contributed by atoms with E-state index >= 15 is 0 Å². The smallest absolute Gasteiger partial charge is 0.344 e. The molecule has 18 heavy (non-hydrogen) atoms. The largest absolute Gasteiger partial charge is 0.417 e. The van der Waals surface area contributed by atoms with E-state index in [0.717, 1.165) is 18.9 Å². The first-order valence-corrected chi connectivity index (χ1v) is 5.42. The van der Waals surface area contributed by atoms with Crippen LogP contribution in [0.2, 0.25) is 0 Å². The Kier molecular flexibility index (Phi) is 3.24. The van der Waals surface area contributed by atoms with Crippen LogP contribution in [-0.2, 0) is 6.18 Å². The van der Waals surface area contributed by atoms with Gasteiger partial charge in [0.05, 0.1) is 17.2 Å². The third-order valence-corrected chi connectivity index (χ3v) is 2.61. The summed E-state index contributed by atoms with van der Waals surface area (Å²) in [6, 6.07) is 5.11. The lowest BCUT2D eigenvalue weighted by Gasteiger charge is -2.12. The molecule has 0 atom stereocenters. The fraction of sp³-hybridized carbons (Fsp3) is 0.333. The van der Waals surface area contributed by atoms with E-state index in [0.29, 0.717) is 18.1 Å². The molecule has 0 bridgehead atoms. The van der Waals surface area contributed by atoms with E-state index in [4.69, 9.17) is 5.26 Å². The number of aliphatic imine (C=N–C) groups is 1. The zero-order valence-corrected chi connectivity index (χ0v) is 9.38. The fourth-order valence-corrected chi connectivity index (χ4v) is 1.76. The molecular formula is C12H10F3N3. The Labute approximate surface area is 102 Å². The average Bonchev–Trinajstić information content (AvgIpc) is 2.80. The molecule has 0 saturated heterocycles. The third kappa shape index (κ3) is 2.62. The molecule has 6 heteroatoms. The SMILES string of the molecule is N#Cc1ccc(NC2=NCCC2)cc1C(F)(F)F. The molecule has 0 spiro atoms. The zero-order chi connectivity index (χ0) is 13.2. The Hall–Kier alpha value is -2.03. The van der Waals surface area contributed by atoms with Crippen molar-refractivity contribution in [2.24, 2.45) is 4.99 Å². The molecule has 1 aliphatic rings. The summed E-state index contributed by atoms with van der Waals surface area (Å²) in [4.78, 5) is 4.12. The fourth-order valence-electron chi connectivity index (χ4n) is 1.76. The maximum Gasteiger partial charge on any atom is 0.417 e. The van der Waals surface area contributed by atoms with Crippen molar-refractivity contribution < 1.29 is 13.2 Å². The molecule has 0 radical (unpaired) electrons. The topological polar surface area (TPSA) is 48.2 Å². The van der Waals surface area contributed by atoms with E-state index in [9.17, 15) is 13.2 Å². The van der Waals surface area contributed by atoms with Crippen LogP contribution < -0.4 is 5.32 Å². The molecule has 0 amide bonds. The maximum atomic E-state index is 12.7. The summed E-state index contributed by atoms with van der Waals surface area (Å²) in [6.07, 6.45) is -2.88. The lowest BCUT2D eigenvalue weighted by Crippen LogP contribution is -2.12. The maximum absolute atomic E-state index is 12.7. The first kappa shape index (κ1) is 12.4. The quantitative estimate of drug-likeness (QED) is 0.835. The minimum atomic E-state index is -4.53. The second kappa shape index (κ2) is 4.69. The normalized spacial score (nSPS) is 15.1. The van der Waals surface area contributed by atoms with Crippen LogP contribution in [-0.4, -0.2) is 12.4 Å². The van der Waals surface area contributed by atoms with Gasteiger partial charge in [0.25, 0.3) is 0 Å². The van der Waals surface area contributed by atoms with Gasteiger partial charge in [-0.1, -0.05) is 0 Å². The number of hydrogen-bond donors (Lipinski definition) is 1. The first-order chi connectivity index (χ1) is 8.50. The van der Waals surface area contributed by atoms with Crippen molar-refractivity contribution in [3.63, 3.8) is 0 Å². The molecule has 1 aromatic rings. The summed E-state index contributed by atoms with van der Waals surface area (Å²) in [6.45, 7) is 0.699. The molecule has 1 N–H and O–H groups in total. The van der Waals surface area contributed by atoms with Crippen molar-refractivity contribution in [1.29, 1.82) is 5.26 Å². The second-order valence-corrected chi connectivity index (χ2v) is 3.93. The Morgan fingerprint density at radius 2 is 2.11 bits per heavy atom. The second-order valence-electron chi connectivity index (χ2n) is 3.93. The Morgan fingerprint density at radius 1 is 1.33 bits per heavy atom. The summed E-state index contributed by atoms with van der Waals surface area (Å²) in [5.41, 5.74) is -0.989. The van der Waals surface area contributed by atoms with Crippen LogP contribution in [0, 0.1) is 11.3 Å². The van der Waals surface area contributed by atoms with Crippen LogP contribution in [0.5, 0.6) is 0 Å². The number of rotatable bonds is 1. The van der Waals surface area contributed by atoms with E-state index in [1.165, 1.54) is 12.1 Å². The van der Waals surface area contributed by atoms with Gasteiger partial charge in [-0.25, -0.2) is 0 Å². The van der Waals surface area contributed by atoms with Crippen molar-refractivity contribution in [2.75, 3.05) is 11.9 Å². The standard InChI is InChI=1S/C12H10F3N3/c13-12(14,15)10-6-9(4-3-8(10)7-16)18-11-2-1-5-17-11/h3-4,6H,1-2,5H2,(H,17,18).